The van der Waals surface area contributed by atoms with Crippen LogP contribution in [0, 0.1) is 0 Å². The number of carbonyl (C=O) groups is 2. The van der Waals surface area contributed by atoms with Crippen molar-refractivity contribution in [2.45, 2.75) is 19.3 Å². The maximum Gasteiger partial charge on any atom is 0.338 e. The van der Waals surface area contributed by atoms with Gasteiger partial charge in [0.25, 0.3) is 5.91 Å². The first kappa shape index (κ1) is 22.1. The third-order valence-electron chi connectivity index (χ3n) is 4.89. The highest BCUT2D eigenvalue weighted by molar-refractivity contribution is 5.89. The first-order valence-corrected chi connectivity index (χ1v) is 10.4. The van der Waals surface area contributed by atoms with E-state index in [9.17, 15) is 9.59 Å². The summed E-state index contributed by atoms with van der Waals surface area (Å²) < 4.78 is 10.5. The molecule has 3 aromatic carbocycles. The van der Waals surface area contributed by atoms with E-state index in [0.29, 0.717) is 24.5 Å². The van der Waals surface area contributed by atoms with E-state index in [1.165, 1.54) is 11.1 Å². The van der Waals surface area contributed by atoms with Crippen LogP contribution in [0.25, 0.3) is 0 Å². The van der Waals surface area contributed by atoms with Crippen LogP contribution >= 0.6 is 0 Å². The summed E-state index contributed by atoms with van der Waals surface area (Å²) in [6, 6.07) is 27.1. The predicted octanol–water partition coefficient (Wildman–Crippen LogP) is 4.58. The van der Waals surface area contributed by atoms with Crippen molar-refractivity contribution in [3.63, 3.8) is 0 Å². The molecule has 0 atom stereocenters. The van der Waals surface area contributed by atoms with E-state index in [0.717, 1.165) is 6.42 Å². The fourth-order valence-corrected chi connectivity index (χ4v) is 3.35. The van der Waals surface area contributed by atoms with Crippen LogP contribution in [0.4, 0.5) is 0 Å². The molecule has 0 aliphatic heterocycles. The Morgan fingerprint density at radius 2 is 1.42 bits per heavy atom. The highest BCUT2D eigenvalue weighted by Gasteiger charge is 2.14. The molecule has 0 radical (unpaired) electrons. The summed E-state index contributed by atoms with van der Waals surface area (Å²) in [5.74, 6) is 0.168. The van der Waals surface area contributed by atoms with Gasteiger partial charge < -0.3 is 14.8 Å². The molecule has 3 rings (SSSR count). The highest BCUT2D eigenvalue weighted by Crippen LogP contribution is 2.27. The molecule has 0 unspecified atom stereocenters. The maximum absolute atomic E-state index is 12.2. The number of nitrogens with one attached hydrogen (secondary N) is 1. The number of esters is 1. The zero-order valence-electron chi connectivity index (χ0n) is 17.6. The van der Waals surface area contributed by atoms with Crippen molar-refractivity contribution in [2.75, 3.05) is 19.8 Å². The Labute approximate surface area is 183 Å². The minimum Gasteiger partial charge on any atom is -0.484 e. The van der Waals surface area contributed by atoms with Crippen LogP contribution in [0.3, 0.4) is 0 Å². The monoisotopic (exact) mass is 417 g/mol. The zero-order valence-corrected chi connectivity index (χ0v) is 17.6. The number of amides is 1. The van der Waals surface area contributed by atoms with E-state index in [1.807, 2.05) is 36.4 Å². The molecule has 160 valence electrons. The number of benzene rings is 3. The summed E-state index contributed by atoms with van der Waals surface area (Å²) >= 11 is 0. The maximum atomic E-state index is 12.2. The quantitative estimate of drug-likeness (QED) is 0.491. The number of carbonyl (C=O) groups excluding carboxylic acids is 2. The van der Waals surface area contributed by atoms with E-state index in [-0.39, 0.29) is 24.4 Å². The second-order valence-corrected chi connectivity index (χ2v) is 7.05. The number of rotatable bonds is 10. The third-order valence-corrected chi connectivity index (χ3v) is 4.89. The summed E-state index contributed by atoms with van der Waals surface area (Å²) in [7, 11) is 0. The molecule has 0 heterocycles. The summed E-state index contributed by atoms with van der Waals surface area (Å²) in [5, 5.41) is 2.93. The van der Waals surface area contributed by atoms with Crippen LogP contribution in [0.5, 0.6) is 5.75 Å². The zero-order chi connectivity index (χ0) is 21.9. The van der Waals surface area contributed by atoms with Crippen molar-refractivity contribution < 1.29 is 19.1 Å². The third kappa shape index (κ3) is 6.71. The molecule has 0 spiro atoms. The van der Waals surface area contributed by atoms with E-state index in [2.05, 4.69) is 29.6 Å². The van der Waals surface area contributed by atoms with Crippen molar-refractivity contribution in [3.8, 4) is 5.75 Å². The molecule has 0 bridgehead atoms. The molecular formula is C26H27NO4. The lowest BCUT2D eigenvalue weighted by Gasteiger charge is -2.18. The predicted molar refractivity (Wildman–Crippen MR) is 120 cm³/mol. The molecule has 0 saturated heterocycles. The molecule has 0 fully saturated rings. The minimum absolute atomic E-state index is 0.0832. The molecule has 1 N–H and O–H groups in total. The van der Waals surface area contributed by atoms with Gasteiger partial charge in [-0.3, -0.25) is 4.79 Å². The van der Waals surface area contributed by atoms with E-state index in [4.69, 9.17) is 9.47 Å². The molecule has 0 aliphatic rings. The average molecular weight is 418 g/mol. The van der Waals surface area contributed by atoms with Gasteiger partial charge in [0.2, 0.25) is 0 Å². The van der Waals surface area contributed by atoms with Gasteiger partial charge in [0.05, 0.1) is 12.2 Å². The van der Waals surface area contributed by atoms with Gasteiger partial charge in [-0.1, -0.05) is 60.7 Å². The van der Waals surface area contributed by atoms with Gasteiger partial charge in [0.1, 0.15) is 5.75 Å². The summed E-state index contributed by atoms with van der Waals surface area (Å²) in [5.41, 5.74) is 2.90. The molecule has 0 aliphatic carbocycles. The topological polar surface area (TPSA) is 64.6 Å². The lowest BCUT2D eigenvalue weighted by Crippen LogP contribution is -2.30. The molecule has 31 heavy (non-hydrogen) atoms. The lowest BCUT2D eigenvalue weighted by molar-refractivity contribution is -0.123. The largest absolute Gasteiger partial charge is 0.484 e. The number of hydrogen-bond donors (Lipinski definition) is 1. The number of ether oxygens (including phenoxy) is 2. The highest BCUT2D eigenvalue weighted by atomic mass is 16.5. The Bertz CT molecular complexity index is 916. The van der Waals surface area contributed by atoms with Gasteiger partial charge in [-0.25, -0.2) is 4.79 Å². The smallest absolute Gasteiger partial charge is 0.338 e. The minimum atomic E-state index is -0.377. The van der Waals surface area contributed by atoms with Crippen LogP contribution in [0.2, 0.25) is 0 Å². The Kier molecular flexibility index (Phi) is 8.23. The van der Waals surface area contributed by atoms with Crippen molar-refractivity contribution in [1.29, 1.82) is 0 Å². The fraction of sp³-hybridized carbons (Fsp3) is 0.231. The Morgan fingerprint density at radius 1 is 0.839 bits per heavy atom. The second kappa shape index (κ2) is 11.6. The molecule has 0 saturated carbocycles. The molecule has 0 aromatic heterocycles. The van der Waals surface area contributed by atoms with E-state index < -0.39 is 0 Å². The van der Waals surface area contributed by atoms with Crippen LogP contribution in [-0.4, -0.2) is 31.6 Å². The van der Waals surface area contributed by atoms with Gasteiger partial charge in [-0.2, -0.15) is 0 Å². The Morgan fingerprint density at radius 3 is 1.97 bits per heavy atom. The molecular weight excluding hydrogens is 390 g/mol. The van der Waals surface area contributed by atoms with Crippen molar-refractivity contribution >= 4 is 11.9 Å². The summed E-state index contributed by atoms with van der Waals surface area (Å²) in [6.07, 6.45) is 0.786. The summed E-state index contributed by atoms with van der Waals surface area (Å²) in [6.45, 7) is 2.54. The van der Waals surface area contributed by atoms with Gasteiger partial charge in [0, 0.05) is 12.5 Å². The Hall–Kier alpha value is -3.60. The molecule has 3 aromatic rings. The van der Waals surface area contributed by atoms with Crippen LogP contribution < -0.4 is 10.1 Å². The van der Waals surface area contributed by atoms with E-state index >= 15 is 0 Å². The normalized spacial score (nSPS) is 10.5. The second-order valence-electron chi connectivity index (χ2n) is 7.05. The van der Waals surface area contributed by atoms with Crippen molar-refractivity contribution in [2.24, 2.45) is 0 Å². The summed E-state index contributed by atoms with van der Waals surface area (Å²) in [4.78, 5) is 23.9. The van der Waals surface area contributed by atoms with E-state index in [1.54, 1.807) is 31.2 Å². The van der Waals surface area contributed by atoms with Gasteiger partial charge in [-0.05, 0) is 48.7 Å². The van der Waals surface area contributed by atoms with Gasteiger partial charge in [0.15, 0.2) is 6.61 Å². The molecule has 1 amide bonds. The average Bonchev–Trinajstić information content (AvgIpc) is 2.82. The Balaban J connectivity index is 1.49. The molecule has 5 nitrogen and oxygen atoms in total. The van der Waals surface area contributed by atoms with Crippen LogP contribution in [-0.2, 0) is 9.53 Å². The molecule has 5 heteroatoms. The first-order chi connectivity index (χ1) is 15.2. The fourth-order valence-electron chi connectivity index (χ4n) is 3.35. The number of hydrogen-bond acceptors (Lipinski definition) is 4. The first-order valence-electron chi connectivity index (χ1n) is 10.4. The van der Waals surface area contributed by atoms with Crippen molar-refractivity contribution in [1.82, 2.24) is 5.32 Å². The van der Waals surface area contributed by atoms with Gasteiger partial charge in [-0.15, -0.1) is 0 Å². The SMILES string of the molecule is CCOC(=O)c1ccc(OCC(=O)NCCC(c2ccccc2)c2ccccc2)cc1. The lowest BCUT2D eigenvalue weighted by atomic mass is 9.88. The van der Waals surface area contributed by atoms with Crippen LogP contribution in [0.15, 0.2) is 84.9 Å². The van der Waals surface area contributed by atoms with Gasteiger partial charge >= 0.3 is 5.97 Å². The standard InChI is InChI=1S/C26H27NO4/c1-2-30-26(29)22-13-15-23(16-14-22)31-19-25(28)27-18-17-24(20-9-5-3-6-10-20)21-11-7-4-8-12-21/h3-16,24H,2,17-19H2,1H3,(H,27,28). The van der Waals surface area contributed by atoms with Crippen molar-refractivity contribution in [3.05, 3.63) is 102 Å². The van der Waals surface area contributed by atoms with Crippen LogP contribution in [0.1, 0.15) is 40.7 Å².